The van der Waals surface area contributed by atoms with Crippen LogP contribution in [-0.4, -0.2) is 18.6 Å². The number of hydrogen-bond donors (Lipinski definition) is 2. The predicted molar refractivity (Wildman–Crippen MR) is 105 cm³/mol. The van der Waals surface area contributed by atoms with Gasteiger partial charge in [-0.2, -0.15) is 0 Å². The summed E-state index contributed by atoms with van der Waals surface area (Å²) in [5.74, 6) is 0.847. The molecule has 0 bridgehead atoms. The number of rotatable bonds is 6. The Morgan fingerprint density at radius 3 is 2.75 bits per heavy atom. The number of fused-ring (bicyclic) bond motifs is 1. The van der Waals surface area contributed by atoms with Gasteiger partial charge in [-0.3, -0.25) is 0 Å². The number of unbranched alkanes of at least 4 members (excludes halogenated alkanes) is 1. The molecule has 5 heteroatoms. The molecule has 2 aromatic carbocycles. The minimum Gasteiger partial charge on any atom is -0.496 e. The average Bonchev–Trinajstić information content (AvgIpc) is 2.94. The number of aromatic nitrogens is 1. The third-order valence-electron chi connectivity index (χ3n) is 4.19. The molecular weight excluding hydrogens is 388 g/mol. The van der Waals surface area contributed by atoms with Crippen LogP contribution in [-0.2, 0) is 6.42 Å². The van der Waals surface area contributed by atoms with Gasteiger partial charge >= 0.3 is 0 Å². The molecule has 3 nitrogen and oxygen atoms in total. The van der Waals surface area contributed by atoms with Gasteiger partial charge in [0.1, 0.15) is 5.75 Å². The Bertz CT molecular complexity index is 860. The number of ether oxygens (including phenoxy) is 1. The van der Waals surface area contributed by atoms with E-state index in [0.717, 1.165) is 51.6 Å². The number of halogens is 2. The van der Waals surface area contributed by atoms with E-state index in [1.807, 2.05) is 24.3 Å². The molecule has 0 fully saturated rings. The Balaban J connectivity index is 2.22. The quantitative estimate of drug-likeness (QED) is 0.527. The predicted octanol–water partition coefficient (Wildman–Crippen LogP) is 5.54. The number of aromatic amines is 1. The minimum atomic E-state index is 0.705. The van der Waals surface area contributed by atoms with Crippen LogP contribution in [0, 0.1) is 0 Å². The van der Waals surface area contributed by atoms with Crippen molar-refractivity contribution >= 4 is 38.4 Å². The van der Waals surface area contributed by atoms with Gasteiger partial charge in [0.25, 0.3) is 0 Å². The first-order valence-corrected chi connectivity index (χ1v) is 9.16. The molecule has 0 unspecified atom stereocenters. The lowest BCUT2D eigenvalue weighted by Gasteiger charge is -2.09. The summed E-state index contributed by atoms with van der Waals surface area (Å²) in [7, 11) is 1.69. The van der Waals surface area contributed by atoms with E-state index in [9.17, 15) is 0 Å². The molecule has 1 aromatic heterocycles. The highest BCUT2D eigenvalue weighted by atomic mass is 79.9. The van der Waals surface area contributed by atoms with Crippen LogP contribution in [0.25, 0.3) is 22.2 Å². The highest BCUT2D eigenvalue weighted by Crippen LogP contribution is 2.39. The van der Waals surface area contributed by atoms with Gasteiger partial charge in [-0.05, 0) is 55.6 Å². The zero-order valence-electron chi connectivity index (χ0n) is 13.5. The first-order valence-electron chi connectivity index (χ1n) is 7.98. The lowest BCUT2D eigenvalue weighted by molar-refractivity contribution is 0.416. The van der Waals surface area contributed by atoms with Crippen molar-refractivity contribution < 1.29 is 4.74 Å². The van der Waals surface area contributed by atoms with Crippen LogP contribution < -0.4 is 10.5 Å². The minimum absolute atomic E-state index is 0.705. The molecule has 3 aromatic rings. The van der Waals surface area contributed by atoms with Crippen molar-refractivity contribution in [2.24, 2.45) is 5.73 Å². The molecule has 0 saturated heterocycles. The van der Waals surface area contributed by atoms with Crippen LogP contribution >= 0.6 is 27.5 Å². The highest BCUT2D eigenvalue weighted by Gasteiger charge is 2.18. The van der Waals surface area contributed by atoms with Crippen molar-refractivity contribution in [1.29, 1.82) is 0 Å². The largest absolute Gasteiger partial charge is 0.496 e. The number of aryl methyl sites for hydroxylation is 1. The van der Waals surface area contributed by atoms with E-state index in [1.165, 1.54) is 5.56 Å². The Labute approximate surface area is 155 Å². The number of nitrogens with one attached hydrogen (secondary N) is 1. The summed E-state index contributed by atoms with van der Waals surface area (Å²) in [5, 5.41) is 1.85. The summed E-state index contributed by atoms with van der Waals surface area (Å²) >= 11 is 10.0. The van der Waals surface area contributed by atoms with Crippen molar-refractivity contribution in [1.82, 2.24) is 4.98 Å². The second-order valence-electron chi connectivity index (χ2n) is 5.73. The summed E-state index contributed by atoms with van der Waals surface area (Å²) in [6.45, 7) is 0.705. The van der Waals surface area contributed by atoms with Crippen molar-refractivity contribution in [3.63, 3.8) is 0 Å². The highest BCUT2D eigenvalue weighted by molar-refractivity contribution is 9.10. The maximum atomic E-state index is 6.46. The molecular formula is C19H20BrClN2O. The smallest absolute Gasteiger partial charge is 0.128 e. The molecule has 24 heavy (non-hydrogen) atoms. The SMILES string of the molecule is COc1ccccc1-c1[nH]c2c(Cl)cc(Br)cc2c1CCCCN. The number of para-hydroxylation sites is 1. The Kier molecular flexibility index (Phi) is 5.49. The molecule has 3 rings (SSSR count). The van der Waals surface area contributed by atoms with E-state index in [1.54, 1.807) is 7.11 Å². The fourth-order valence-corrected chi connectivity index (χ4v) is 3.92. The number of H-pyrrole nitrogens is 1. The molecule has 0 aliphatic rings. The molecule has 0 atom stereocenters. The standard InChI is InChI=1S/C19H20BrClN2O/c1-24-17-8-3-2-7-14(17)18-13(6-4-5-9-22)15-10-12(20)11-16(21)19(15)23-18/h2-3,7-8,10-11,23H,4-6,9,22H2,1H3. The number of methoxy groups -OCH3 is 1. The molecule has 0 spiro atoms. The third kappa shape index (κ3) is 3.32. The molecule has 0 amide bonds. The first-order chi connectivity index (χ1) is 11.7. The van der Waals surface area contributed by atoms with Crippen LogP contribution in [0.3, 0.4) is 0 Å². The normalized spacial score (nSPS) is 11.2. The van der Waals surface area contributed by atoms with Crippen molar-refractivity contribution in [2.45, 2.75) is 19.3 Å². The third-order valence-corrected chi connectivity index (χ3v) is 4.95. The van der Waals surface area contributed by atoms with Crippen LogP contribution in [0.4, 0.5) is 0 Å². The second-order valence-corrected chi connectivity index (χ2v) is 7.06. The Morgan fingerprint density at radius 1 is 1.21 bits per heavy atom. The summed E-state index contributed by atoms with van der Waals surface area (Å²) in [5.41, 5.74) is 10.0. The zero-order chi connectivity index (χ0) is 17.1. The Morgan fingerprint density at radius 2 is 2.00 bits per heavy atom. The Hall–Kier alpha value is -1.49. The lowest BCUT2D eigenvalue weighted by atomic mass is 10.00. The van der Waals surface area contributed by atoms with Gasteiger partial charge in [0.2, 0.25) is 0 Å². The van der Waals surface area contributed by atoms with Gasteiger partial charge in [0.15, 0.2) is 0 Å². The fraction of sp³-hybridized carbons (Fsp3) is 0.263. The van der Waals surface area contributed by atoms with Gasteiger partial charge in [0.05, 0.1) is 23.3 Å². The molecule has 0 aliphatic heterocycles. The molecule has 0 aliphatic carbocycles. The summed E-state index contributed by atoms with van der Waals surface area (Å²) in [6, 6.07) is 12.1. The summed E-state index contributed by atoms with van der Waals surface area (Å²) < 4.78 is 6.53. The van der Waals surface area contributed by atoms with E-state index >= 15 is 0 Å². The van der Waals surface area contributed by atoms with Crippen LogP contribution in [0.2, 0.25) is 5.02 Å². The van der Waals surface area contributed by atoms with Gasteiger partial charge in [-0.1, -0.05) is 39.7 Å². The lowest BCUT2D eigenvalue weighted by Crippen LogP contribution is -1.99. The molecule has 1 heterocycles. The van der Waals surface area contributed by atoms with E-state index < -0.39 is 0 Å². The van der Waals surface area contributed by atoms with Crippen molar-refractivity contribution in [3.05, 3.63) is 51.5 Å². The van der Waals surface area contributed by atoms with Crippen molar-refractivity contribution in [3.8, 4) is 17.0 Å². The van der Waals surface area contributed by atoms with Gasteiger partial charge in [-0.25, -0.2) is 0 Å². The van der Waals surface area contributed by atoms with E-state index in [4.69, 9.17) is 22.1 Å². The number of hydrogen-bond acceptors (Lipinski definition) is 2. The first kappa shape index (κ1) is 17.3. The van der Waals surface area contributed by atoms with Crippen molar-refractivity contribution in [2.75, 3.05) is 13.7 Å². The van der Waals surface area contributed by atoms with Crippen LogP contribution in [0.15, 0.2) is 40.9 Å². The summed E-state index contributed by atoms with van der Waals surface area (Å²) in [4.78, 5) is 3.51. The molecule has 3 N–H and O–H groups in total. The number of nitrogens with two attached hydrogens (primary N) is 1. The topological polar surface area (TPSA) is 51.0 Å². The molecule has 126 valence electrons. The van der Waals surface area contributed by atoms with E-state index in [-0.39, 0.29) is 0 Å². The van der Waals surface area contributed by atoms with Crippen LogP contribution in [0.1, 0.15) is 18.4 Å². The van der Waals surface area contributed by atoms with Gasteiger partial charge in [0, 0.05) is 15.4 Å². The van der Waals surface area contributed by atoms with Gasteiger partial charge in [-0.15, -0.1) is 0 Å². The second kappa shape index (κ2) is 7.60. The molecule has 0 radical (unpaired) electrons. The molecule has 0 saturated carbocycles. The van der Waals surface area contributed by atoms with Crippen LogP contribution in [0.5, 0.6) is 5.75 Å². The average molecular weight is 408 g/mol. The van der Waals surface area contributed by atoms with Gasteiger partial charge < -0.3 is 15.5 Å². The maximum absolute atomic E-state index is 6.46. The fourth-order valence-electron chi connectivity index (χ4n) is 3.06. The monoisotopic (exact) mass is 406 g/mol. The van der Waals surface area contributed by atoms with E-state index in [2.05, 4.69) is 33.0 Å². The van der Waals surface area contributed by atoms with E-state index in [0.29, 0.717) is 11.6 Å². The zero-order valence-corrected chi connectivity index (χ0v) is 15.9. The number of benzene rings is 2. The summed E-state index contributed by atoms with van der Waals surface area (Å²) in [6.07, 6.45) is 2.98. The maximum Gasteiger partial charge on any atom is 0.128 e.